The number of aryl methyl sites for hydroxylation is 1. The van der Waals surface area contributed by atoms with Crippen molar-refractivity contribution in [3.05, 3.63) is 87.7 Å². The Bertz CT molecular complexity index is 2450. The van der Waals surface area contributed by atoms with Gasteiger partial charge in [-0.15, -0.1) is 10.2 Å². The van der Waals surface area contributed by atoms with Gasteiger partial charge >= 0.3 is 0 Å². The maximum absolute atomic E-state index is 14.1. The van der Waals surface area contributed by atoms with Crippen molar-refractivity contribution >= 4 is 63.4 Å². The minimum atomic E-state index is -0.451. The Labute approximate surface area is 359 Å². The molecule has 326 valence electrons. The normalized spacial score (nSPS) is 14.5. The van der Waals surface area contributed by atoms with Crippen molar-refractivity contribution in [2.45, 2.75) is 64.8 Å². The number of hydrogen-bond acceptors (Lipinski definition) is 14. The van der Waals surface area contributed by atoms with Gasteiger partial charge in [-0.2, -0.15) is 4.98 Å². The third-order valence-corrected chi connectivity index (χ3v) is 11.4. The second-order valence-electron chi connectivity index (χ2n) is 16.0. The molecule has 0 spiro atoms. The van der Waals surface area contributed by atoms with Gasteiger partial charge in [0.05, 0.1) is 29.6 Å². The number of amides is 2. The zero-order valence-corrected chi connectivity index (χ0v) is 35.7. The molecule has 5 heterocycles. The second-order valence-corrected chi connectivity index (χ2v) is 16.0. The fourth-order valence-corrected chi connectivity index (χ4v) is 8.05. The lowest BCUT2D eigenvalue weighted by molar-refractivity contribution is -0.122. The minimum Gasteiger partial charge on any atom is -0.384 e. The van der Waals surface area contributed by atoms with Crippen molar-refractivity contribution < 1.29 is 18.8 Å². The molecule has 1 aromatic carbocycles. The van der Waals surface area contributed by atoms with E-state index in [1.54, 1.807) is 40.9 Å². The summed E-state index contributed by atoms with van der Waals surface area (Å²) in [5.41, 5.74) is 2.69. The van der Waals surface area contributed by atoms with E-state index in [0.717, 1.165) is 76.8 Å². The van der Waals surface area contributed by atoms with Crippen molar-refractivity contribution in [1.82, 2.24) is 39.9 Å². The molecule has 1 saturated carbocycles. The summed E-state index contributed by atoms with van der Waals surface area (Å²) in [6, 6.07) is 11.2. The number of unbranched alkanes of at least 4 members (excludes halogenated alkanes) is 2. The SMILES string of the molecule is CC(=O)c1c(C)c2cnc(Nc3ccc(N4CCN(CC(=O)NCCCCCNc5cc(F)ccc5C(=O)Nc5ccc(N(C)C)nn5)CC4)cn3)nc2n(C2CCCC2)c1=O. The molecule has 17 nitrogen and oxygen atoms in total. The third kappa shape index (κ3) is 10.5. The van der Waals surface area contributed by atoms with Gasteiger partial charge in [-0.1, -0.05) is 12.8 Å². The minimum absolute atomic E-state index is 0.00545. The van der Waals surface area contributed by atoms with E-state index in [1.165, 1.54) is 25.1 Å². The van der Waals surface area contributed by atoms with Crippen molar-refractivity contribution in [1.29, 1.82) is 0 Å². The molecule has 0 unspecified atom stereocenters. The predicted octanol–water partition coefficient (Wildman–Crippen LogP) is 5.32. The summed E-state index contributed by atoms with van der Waals surface area (Å²) in [5, 5.41) is 20.9. The Balaban J connectivity index is 0.818. The highest BCUT2D eigenvalue weighted by Crippen LogP contribution is 2.32. The summed E-state index contributed by atoms with van der Waals surface area (Å²) < 4.78 is 15.8. The van der Waals surface area contributed by atoms with E-state index in [9.17, 15) is 23.6 Å². The summed E-state index contributed by atoms with van der Waals surface area (Å²) in [5.74, 6) is 0.682. The van der Waals surface area contributed by atoms with E-state index in [0.29, 0.717) is 70.9 Å². The van der Waals surface area contributed by atoms with Gasteiger partial charge in [-0.3, -0.25) is 28.6 Å². The molecule has 4 N–H and O–H groups in total. The lowest BCUT2D eigenvalue weighted by Gasteiger charge is -2.35. The molecule has 5 aromatic rings. The van der Waals surface area contributed by atoms with Crippen molar-refractivity contribution in [3.8, 4) is 0 Å². The number of pyridine rings is 2. The molecule has 62 heavy (non-hydrogen) atoms. The number of hydrogen-bond donors (Lipinski definition) is 4. The number of rotatable bonds is 17. The Morgan fingerprint density at radius 3 is 2.34 bits per heavy atom. The molecule has 2 fully saturated rings. The number of Topliss-reactive ketones (excluding diaryl/α,β-unsaturated/α-hetero) is 1. The molecule has 4 aromatic heterocycles. The number of carbonyl (C=O) groups is 3. The monoisotopic (exact) mass is 847 g/mol. The number of anilines is 6. The summed E-state index contributed by atoms with van der Waals surface area (Å²) in [4.78, 5) is 71.8. The molecule has 7 rings (SSSR count). The topological polar surface area (TPSA) is 196 Å². The summed E-state index contributed by atoms with van der Waals surface area (Å²) in [6.45, 7) is 7.56. The first-order valence-electron chi connectivity index (χ1n) is 21.2. The van der Waals surface area contributed by atoms with Crippen LogP contribution in [-0.2, 0) is 4.79 Å². The number of nitrogens with one attached hydrogen (secondary N) is 4. The number of fused-ring (bicyclic) bond motifs is 1. The molecule has 0 bridgehead atoms. The van der Waals surface area contributed by atoms with Crippen LogP contribution in [0.5, 0.6) is 0 Å². The molecule has 2 amide bonds. The van der Waals surface area contributed by atoms with Crippen molar-refractivity contribution in [2.24, 2.45) is 0 Å². The van der Waals surface area contributed by atoms with Gasteiger partial charge in [0, 0.05) is 76.7 Å². The number of piperazine rings is 1. The molecule has 0 radical (unpaired) electrons. The number of benzene rings is 1. The standard InChI is InChI=1S/C44H54FN13O4/c1-28-34-26-49-44(52-41(34)58(31-10-6-7-11-31)43(62)40(28)29(2)59)51-36-15-13-32(25-48-36)57-22-20-56(21-23-57)27-39(60)47-19-9-5-8-18-46-35-24-30(45)12-14-33(35)42(61)50-37-16-17-38(54-53-37)55(3)4/h12-17,24-26,31,46H,5-11,18-23,27H2,1-4H3,(H,47,60)(H,50,53,61)(H,48,49,51,52). The Kier molecular flexibility index (Phi) is 14.0. The number of carbonyl (C=O) groups excluding carboxylic acids is 3. The van der Waals surface area contributed by atoms with Crippen LogP contribution in [0.2, 0.25) is 0 Å². The van der Waals surface area contributed by atoms with Gasteiger partial charge in [0.25, 0.3) is 11.5 Å². The number of ketones is 1. The van der Waals surface area contributed by atoms with Crippen LogP contribution in [-0.4, -0.2) is 112 Å². The number of aromatic nitrogens is 6. The molecule has 1 saturated heterocycles. The number of halogens is 1. The van der Waals surface area contributed by atoms with Crippen LogP contribution >= 0.6 is 0 Å². The van der Waals surface area contributed by atoms with Crippen LogP contribution in [0.4, 0.5) is 39.2 Å². The highest BCUT2D eigenvalue weighted by molar-refractivity contribution is 6.07. The summed E-state index contributed by atoms with van der Waals surface area (Å²) in [7, 11) is 3.69. The first-order chi connectivity index (χ1) is 29.9. The van der Waals surface area contributed by atoms with Crippen LogP contribution in [0, 0.1) is 12.7 Å². The highest BCUT2D eigenvalue weighted by atomic mass is 19.1. The van der Waals surface area contributed by atoms with Crippen LogP contribution in [0.25, 0.3) is 11.0 Å². The van der Waals surface area contributed by atoms with E-state index < -0.39 is 11.7 Å². The lowest BCUT2D eigenvalue weighted by Crippen LogP contribution is -2.49. The predicted molar refractivity (Wildman–Crippen MR) is 238 cm³/mol. The fraction of sp³-hybridized carbons (Fsp3) is 0.432. The van der Waals surface area contributed by atoms with E-state index in [4.69, 9.17) is 4.98 Å². The lowest BCUT2D eigenvalue weighted by atomic mass is 10.0. The van der Waals surface area contributed by atoms with Gasteiger partial charge in [0.1, 0.15) is 17.3 Å². The largest absolute Gasteiger partial charge is 0.384 e. The summed E-state index contributed by atoms with van der Waals surface area (Å²) in [6.07, 6.45) is 9.65. The average Bonchev–Trinajstić information content (AvgIpc) is 3.79. The first-order valence-corrected chi connectivity index (χ1v) is 21.2. The van der Waals surface area contributed by atoms with E-state index >= 15 is 0 Å². The van der Waals surface area contributed by atoms with Crippen molar-refractivity contribution in [2.75, 3.05) is 85.7 Å². The third-order valence-electron chi connectivity index (χ3n) is 11.4. The van der Waals surface area contributed by atoms with Gasteiger partial charge in [-0.05, 0) is 94.0 Å². The maximum atomic E-state index is 14.1. The zero-order valence-electron chi connectivity index (χ0n) is 35.7. The second kappa shape index (κ2) is 19.9. The molecule has 1 aliphatic heterocycles. The maximum Gasteiger partial charge on any atom is 0.263 e. The molecule has 18 heteroatoms. The Morgan fingerprint density at radius 2 is 1.65 bits per heavy atom. The summed E-state index contributed by atoms with van der Waals surface area (Å²) >= 11 is 0. The Morgan fingerprint density at radius 1 is 0.887 bits per heavy atom. The molecule has 2 aliphatic rings. The van der Waals surface area contributed by atoms with E-state index in [-0.39, 0.29) is 28.9 Å². The van der Waals surface area contributed by atoms with Crippen LogP contribution in [0.1, 0.15) is 84.2 Å². The first kappa shape index (κ1) is 43.5. The quantitative estimate of drug-likeness (QED) is 0.0693. The van der Waals surface area contributed by atoms with E-state index in [1.807, 2.05) is 26.2 Å². The van der Waals surface area contributed by atoms with Crippen LogP contribution in [0.3, 0.4) is 0 Å². The molecular formula is C44H54FN13O4. The van der Waals surface area contributed by atoms with Crippen LogP contribution < -0.4 is 36.6 Å². The van der Waals surface area contributed by atoms with Gasteiger partial charge < -0.3 is 31.1 Å². The molecule has 1 aliphatic carbocycles. The smallest absolute Gasteiger partial charge is 0.263 e. The average molecular weight is 848 g/mol. The number of nitrogens with zero attached hydrogens (tertiary/aromatic N) is 9. The fourth-order valence-electron chi connectivity index (χ4n) is 8.05. The van der Waals surface area contributed by atoms with Gasteiger partial charge in [-0.25, -0.2) is 14.4 Å². The zero-order chi connectivity index (χ0) is 43.8. The Hall–Kier alpha value is -6.56. The van der Waals surface area contributed by atoms with E-state index in [2.05, 4.69) is 51.2 Å². The van der Waals surface area contributed by atoms with Crippen molar-refractivity contribution in [3.63, 3.8) is 0 Å². The van der Waals surface area contributed by atoms with Gasteiger partial charge in [0.2, 0.25) is 11.9 Å². The molecule has 0 atom stereocenters. The highest BCUT2D eigenvalue weighted by Gasteiger charge is 2.26. The van der Waals surface area contributed by atoms with Gasteiger partial charge in [0.15, 0.2) is 17.4 Å². The van der Waals surface area contributed by atoms with Crippen LogP contribution in [0.15, 0.2) is 59.7 Å². The molecular weight excluding hydrogens is 794 g/mol.